The third-order valence-electron chi connectivity index (χ3n) is 4.15. The lowest BCUT2D eigenvalue weighted by molar-refractivity contribution is 0.736. The Balaban J connectivity index is 1.71. The molecular formula is C21H23N3OS. The molecule has 134 valence electrons. The summed E-state index contributed by atoms with van der Waals surface area (Å²) in [6.45, 7) is 5.30. The Morgan fingerprint density at radius 3 is 2.77 bits per heavy atom. The highest BCUT2D eigenvalue weighted by Gasteiger charge is 2.10. The highest BCUT2D eigenvalue weighted by Crippen LogP contribution is 2.13. The predicted molar refractivity (Wildman–Crippen MR) is 109 cm³/mol. The van der Waals surface area contributed by atoms with Crippen LogP contribution in [0.2, 0.25) is 0 Å². The van der Waals surface area contributed by atoms with Crippen molar-refractivity contribution in [2.75, 3.05) is 18.0 Å². The van der Waals surface area contributed by atoms with Crippen molar-refractivity contribution in [3.63, 3.8) is 0 Å². The molecule has 0 amide bonds. The van der Waals surface area contributed by atoms with Crippen LogP contribution in [-0.2, 0) is 12.8 Å². The fraction of sp³-hybridized carbons (Fsp3) is 0.238. The van der Waals surface area contributed by atoms with Gasteiger partial charge in [-0.05, 0) is 40.8 Å². The maximum atomic E-state index is 12.1. The molecule has 0 aliphatic rings. The fourth-order valence-electron chi connectivity index (χ4n) is 2.91. The van der Waals surface area contributed by atoms with E-state index < -0.39 is 0 Å². The number of nitrogens with zero attached hydrogens (tertiary/aromatic N) is 2. The molecule has 0 radical (unpaired) electrons. The van der Waals surface area contributed by atoms with Gasteiger partial charge < -0.3 is 9.88 Å². The predicted octanol–water partition coefficient (Wildman–Crippen LogP) is 4.05. The van der Waals surface area contributed by atoms with E-state index in [4.69, 9.17) is 0 Å². The van der Waals surface area contributed by atoms with Crippen molar-refractivity contribution < 1.29 is 0 Å². The Bertz CT molecular complexity index is 872. The molecule has 0 bridgehead atoms. The second-order valence-corrected chi connectivity index (χ2v) is 6.98. The maximum Gasteiger partial charge on any atom is 0.274 e. The van der Waals surface area contributed by atoms with Crippen molar-refractivity contribution >= 4 is 17.3 Å². The Hall–Kier alpha value is -2.66. The summed E-state index contributed by atoms with van der Waals surface area (Å²) in [5, 5.41) is 4.14. The number of aryl methyl sites for hydroxylation is 1. The van der Waals surface area contributed by atoms with Gasteiger partial charge in [-0.1, -0.05) is 36.4 Å². The molecule has 0 aliphatic carbocycles. The van der Waals surface area contributed by atoms with E-state index in [-0.39, 0.29) is 5.56 Å². The van der Waals surface area contributed by atoms with Crippen LogP contribution >= 0.6 is 11.3 Å². The van der Waals surface area contributed by atoms with Crippen molar-refractivity contribution in [1.82, 2.24) is 9.97 Å². The van der Waals surface area contributed by atoms with E-state index in [1.165, 1.54) is 11.1 Å². The molecule has 26 heavy (non-hydrogen) atoms. The summed E-state index contributed by atoms with van der Waals surface area (Å²) in [6.07, 6.45) is 4.53. The number of aromatic amines is 1. The van der Waals surface area contributed by atoms with Gasteiger partial charge in [-0.15, -0.1) is 6.58 Å². The first-order chi connectivity index (χ1) is 12.7. The number of aromatic nitrogens is 2. The molecule has 0 saturated heterocycles. The van der Waals surface area contributed by atoms with E-state index in [9.17, 15) is 4.79 Å². The van der Waals surface area contributed by atoms with Crippen LogP contribution in [0.5, 0.6) is 0 Å². The zero-order valence-corrected chi connectivity index (χ0v) is 15.5. The first-order valence-corrected chi connectivity index (χ1v) is 9.70. The molecule has 0 unspecified atom stereocenters. The minimum atomic E-state index is -0.207. The molecule has 0 aliphatic heterocycles. The molecule has 2 heterocycles. The number of H-pyrrole nitrogens is 1. The Labute approximate surface area is 157 Å². The van der Waals surface area contributed by atoms with Gasteiger partial charge in [0, 0.05) is 31.3 Å². The standard InChI is InChI=1S/C21H23N3OS/c1-2-11-24(12-6-9-17-7-4-3-5-8-17)21-22-19(15-20(25)23-21)14-18-10-13-26-16-18/h2-5,7-8,10,13,15-16H,1,6,9,11-12,14H2,(H,22,23,25). The van der Waals surface area contributed by atoms with Gasteiger partial charge in [-0.2, -0.15) is 16.3 Å². The molecule has 2 aromatic heterocycles. The Morgan fingerprint density at radius 1 is 1.19 bits per heavy atom. The van der Waals surface area contributed by atoms with Crippen molar-refractivity contribution in [3.8, 4) is 0 Å². The van der Waals surface area contributed by atoms with E-state index in [1.54, 1.807) is 17.4 Å². The van der Waals surface area contributed by atoms with Crippen molar-refractivity contribution in [3.05, 3.63) is 93.1 Å². The van der Waals surface area contributed by atoms with E-state index in [0.717, 1.165) is 25.1 Å². The molecule has 0 saturated carbocycles. The number of hydrogen-bond donors (Lipinski definition) is 1. The summed E-state index contributed by atoms with van der Waals surface area (Å²) in [7, 11) is 0. The van der Waals surface area contributed by atoms with Crippen molar-refractivity contribution in [2.45, 2.75) is 19.3 Å². The molecule has 1 N–H and O–H groups in total. The van der Waals surface area contributed by atoms with Gasteiger partial charge in [-0.25, -0.2) is 0 Å². The first-order valence-electron chi connectivity index (χ1n) is 8.75. The monoisotopic (exact) mass is 365 g/mol. The molecule has 0 atom stereocenters. The lowest BCUT2D eigenvalue weighted by Gasteiger charge is -2.22. The van der Waals surface area contributed by atoms with E-state index in [0.29, 0.717) is 18.9 Å². The second kappa shape index (κ2) is 9.15. The summed E-state index contributed by atoms with van der Waals surface area (Å²) >= 11 is 1.66. The quantitative estimate of drug-likeness (QED) is 0.582. The minimum Gasteiger partial charge on any atom is -0.339 e. The van der Waals surface area contributed by atoms with E-state index in [1.807, 2.05) is 17.5 Å². The van der Waals surface area contributed by atoms with Gasteiger partial charge in [0.25, 0.3) is 5.56 Å². The number of thiophene rings is 1. The SMILES string of the molecule is C=CCN(CCCc1ccccc1)c1nc(=O)cc(Cc2ccsc2)[nH]1. The van der Waals surface area contributed by atoms with Gasteiger partial charge in [0.15, 0.2) is 0 Å². The smallest absolute Gasteiger partial charge is 0.274 e. The third kappa shape index (κ3) is 5.17. The van der Waals surface area contributed by atoms with E-state index >= 15 is 0 Å². The largest absolute Gasteiger partial charge is 0.339 e. The zero-order chi connectivity index (χ0) is 18.2. The summed E-state index contributed by atoms with van der Waals surface area (Å²) in [4.78, 5) is 21.6. The highest BCUT2D eigenvalue weighted by molar-refractivity contribution is 7.07. The van der Waals surface area contributed by atoms with Crippen LogP contribution in [0.3, 0.4) is 0 Å². The summed E-state index contributed by atoms with van der Waals surface area (Å²) in [5.41, 5.74) is 3.19. The normalized spacial score (nSPS) is 10.6. The molecule has 3 aromatic rings. The van der Waals surface area contributed by atoms with E-state index in [2.05, 4.69) is 57.2 Å². The van der Waals surface area contributed by atoms with Crippen LogP contribution in [0.15, 0.2) is 70.7 Å². The maximum absolute atomic E-state index is 12.1. The van der Waals surface area contributed by atoms with Crippen molar-refractivity contribution in [2.24, 2.45) is 0 Å². The van der Waals surface area contributed by atoms with Crippen LogP contribution in [0, 0.1) is 0 Å². The van der Waals surface area contributed by atoms with Gasteiger partial charge >= 0.3 is 0 Å². The van der Waals surface area contributed by atoms with Gasteiger partial charge in [0.05, 0.1) is 0 Å². The molecule has 4 nitrogen and oxygen atoms in total. The number of benzene rings is 1. The number of nitrogens with one attached hydrogen (secondary N) is 1. The summed E-state index contributed by atoms with van der Waals surface area (Å²) in [6, 6.07) is 14.1. The van der Waals surface area contributed by atoms with Gasteiger partial charge in [0.1, 0.15) is 0 Å². The molecule has 0 fully saturated rings. The zero-order valence-electron chi connectivity index (χ0n) is 14.7. The molecule has 3 rings (SSSR count). The molecule has 0 spiro atoms. The van der Waals surface area contributed by atoms with Crippen LogP contribution in [0.4, 0.5) is 5.95 Å². The minimum absolute atomic E-state index is 0.207. The van der Waals surface area contributed by atoms with Gasteiger partial charge in [-0.3, -0.25) is 4.79 Å². The van der Waals surface area contributed by atoms with Crippen LogP contribution < -0.4 is 10.5 Å². The number of rotatable bonds is 9. The lowest BCUT2D eigenvalue weighted by Crippen LogP contribution is -2.29. The average molecular weight is 366 g/mol. The second-order valence-electron chi connectivity index (χ2n) is 6.20. The van der Waals surface area contributed by atoms with Crippen LogP contribution in [-0.4, -0.2) is 23.1 Å². The third-order valence-corrected chi connectivity index (χ3v) is 4.88. The summed E-state index contributed by atoms with van der Waals surface area (Å²) < 4.78 is 0. The molecular weight excluding hydrogens is 342 g/mol. The molecule has 5 heteroatoms. The van der Waals surface area contributed by atoms with Crippen LogP contribution in [0.25, 0.3) is 0 Å². The number of hydrogen-bond acceptors (Lipinski definition) is 4. The molecule has 1 aromatic carbocycles. The Kier molecular flexibility index (Phi) is 6.39. The first kappa shape index (κ1) is 18.1. The lowest BCUT2D eigenvalue weighted by atomic mass is 10.1. The highest BCUT2D eigenvalue weighted by atomic mass is 32.1. The topological polar surface area (TPSA) is 49.0 Å². The fourth-order valence-corrected chi connectivity index (χ4v) is 3.58. The number of anilines is 1. The average Bonchev–Trinajstić information content (AvgIpc) is 3.14. The Morgan fingerprint density at radius 2 is 2.04 bits per heavy atom. The summed E-state index contributed by atoms with van der Waals surface area (Å²) in [5.74, 6) is 0.621. The van der Waals surface area contributed by atoms with Gasteiger partial charge in [0.2, 0.25) is 5.95 Å². The van der Waals surface area contributed by atoms with Crippen LogP contribution in [0.1, 0.15) is 23.2 Å². The van der Waals surface area contributed by atoms with Crippen molar-refractivity contribution in [1.29, 1.82) is 0 Å².